The summed E-state index contributed by atoms with van der Waals surface area (Å²) in [4.78, 5) is 14.6. The smallest absolute Gasteiger partial charge is 0.223 e. The van der Waals surface area contributed by atoms with Gasteiger partial charge in [-0.25, -0.2) is 0 Å². The van der Waals surface area contributed by atoms with Crippen LogP contribution in [0.15, 0.2) is 24.3 Å². The summed E-state index contributed by atoms with van der Waals surface area (Å²) < 4.78 is 11.8. The Morgan fingerprint density at radius 3 is 2.67 bits per heavy atom. The molecule has 24 heavy (non-hydrogen) atoms. The second kappa shape index (κ2) is 6.54. The Bertz CT molecular complexity index is 640. The lowest BCUT2D eigenvalue weighted by Gasteiger charge is -2.48. The molecule has 0 saturated carbocycles. The van der Waals surface area contributed by atoms with Crippen molar-refractivity contribution in [3.63, 3.8) is 0 Å². The number of carbonyl (C=O) groups excluding carboxylic acids is 1. The lowest BCUT2D eigenvalue weighted by atomic mass is 9.94. The summed E-state index contributed by atoms with van der Waals surface area (Å²) in [7, 11) is 0. The average Bonchev–Trinajstić information content (AvgIpc) is 2.98. The fourth-order valence-electron chi connectivity index (χ4n) is 3.64. The van der Waals surface area contributed by atoms with Crippen LogP contribution < -0.4 is 0 Å². The van der Waals surface area contributed by atoms with Crippen LogP contribution in [0.25, 0.3) is 0 Å². The number of rotatable bonds is 3. The van der Waals surface area contributed by atoms with E-state index in [0.717, 1.165) is 12.0 Å². The molecule has 1 unspecified atom stereocenters. The molecule has 1 spiro atoms. The molecule has 5 nitrogen and oxygen atoms in total. The first-order valence-corrected chi connectivity index (χ1v) is 8.46. The zero-order valence-electron chi connectivity index (χ0n) is 14.4. The van der Waals surface area contributed by atoms with Gasteiger partial charge in [-0.3, -0.25) is 4.79 Å². The predicted molar refractivity (Wildman–Crippen MR) is 89.4 cm³/mol. The summed E-state index contributed by atoms with van der Waals surface area (Å²) >= 11 is 0. The van der Waals surface area contributed by atoms with E-state index in [2.05, 4.69) is 6.07 Å². The van der Waals surface area contributed by atoms with Gasteiger partial charge in [0.2, 0.25) is 5.91 Å². The van der Waals surface area contributed by atoms with Crippen molar-refractivity contribution in [2.24, 2.45) is 0 Å². The molecule has 2 aliphatic rings. The van der Waals surface area contributed by atoms with Gasteiger partial charge in [-0.2, -0.15) is 5.26 Å². The molecule has 5 heteroatoms. The van der Waals surface area contributed by atoms with Crippen LogP contribution in [0.4, 0.5) is 0 Å². The number of aryl methyl sites for hydroxylation is 1. The lowest BCUT2D eigenvalue weighted by molar-refractivity contribution is -0.199. The zero-order valence-corrected chi connectivity index (χ0v) is 14.4. The van der Waals surface area contributed by atoms with Gasteiger partial charge in [0.05, 0.1) is 30.4 Å². The number of ether oxygens (including phenoxy) is 2. The molecule has 2 heterocycles. The van der Waals surface area contributed by atoms with E-state index in [1.807, 2.05) is 30.9 Å². The molecule has 2 aliphatic heterocycles. The summed E-state index contributed by atoms with van der Waals surface area (Å²) in [5.74, 6) is 0.155. The van der Waals surface area contributed by atoms with Gasteiger partial charge in [0.25, 0.3) is 0 Å². The van der Waals surface area contributed by atoms with Gasteiger partial charge in [0.1, 0.15) is 5.60 Å². The van der Waals surface area contributed by atoms with Crippen LogP contribution in [-0.2, 0) is 20.7 Å². The van der Waals surface area contributed by atoms with Crippen LogP contribution in [0.5, 0.6) is 0 Å². The number of benzene rings is 1. The van der Waals surface area contributed by atoms with Crippen molar-refractivity contribution in [3.05, 3.63) is 35.4 Å². The van der Waals surface area contributed by atoms with Gasteiger partial charge in [-0.1, -0.05) is 12.1 Å². The number of hydrogen-bond donors (Lipinski definition) is 0. The molecule has 1 aromatic rings. The third-order valence-electron chi connectivity index (χ3n) is 4.67. The van der Waals surface area contributed by atoms with Gasteiger partial charge < -0.3 is 14.4 Å². The fraction of sp³-hybridized carbons (Fsp3) is 0.579. The molecule has 1 amide bonds. The summed E-state index contributed by atoms with van der Waals surface area (Å²) in [5, 5.41) is 8.83. The number of hydrogen-bond acceptors (Lipinski definition) is 4. The SMILES string of the molecule is CC1(C)CN(C(=O)CCc2ccc(C#N)cc2)CC2(CCOC2)O1. The van der Waals surface area contributed by atoms with E-state index in [-0.39, 0.29) is 17.1 Å². The Kier molecular flexibility index (Phi) is 4.62. The number of morpholine rings is 1. The van der Waals surface area contributed by atoms with Crippen molar-refractivity contribution in [1.82, 2.24) is 4.90 Å². The lowest BCUT2D eigenvalue weighted by Crippen LogP contribution is -2.61. The summed E-state index contributed by atoms with van der Waals surface area (Å²) in [6, 6.07) is 9.53. The first kappa shape index (κ1) is 16.9. The van der Waals surface area contributed by atoms with Crippen LogP contribution >= 0.6 is 0 Å². The number of nitriles is 1. The van der Waals surface area contributed by atoms with E-state index in [0.29, 0.717) is 44.7 Å². The Morgan fingerprint density at radius 2 is 2.04 bits per heavy atom. The molecule has 1 aromatic carbocycles. The zero-order chi connectivity index (χ0) is 17.2. The third kappa shape index (κ3) is 3.77. The van der Waals surface area contributed by atoms with E-state index in [1.54, 1.807) is 12.1 Å². The quantitative estimate of drug-likeness (QED) is 0.854. The molecule has 0 aromatic heterocycles. The third-order valence-corrected chi connectivity index (χ3v) is 4.67. The number of carbonyl (C=O) groups is 1. The molecule has 0 bridgehead atoms. The van der Waals surface area contributed by atoms with Crippen LogP contribution in [0.2, 0.25) is 0 Å². The fourth-order valence-corrected chi connectivity index (χ4v) is 3.64. The molecular formula is C19H24N2O3. The van der Waals surface area contributed by atoms with Crippen LogP contribution in [0.1, 0.15) is 37.8 Å². The highest BCUT2D eigenvalue weighted by Crippen LogP contribution is 2.34. The van der Waals surface area contributed by atoms with E-state index in [1.165, 1.54) is 0 Å². The molecule has 2 fully saturated rings. The molecule has 0 N–H and O–H groups in total. The van der Waals surface area contributed by atoms with Crippen LogP contribution in [0, 0.1) is 11.3 Å². The van der Waals surface area contributed by atoms with Crippen molar-refractivity contribution in [2.75, 3.05) is 26.3 Å². The number of amides is 1. The van der Waals surface area contributed by atoms with E-state index in [9.17, 15) is 4.79 Å². The van der Waals surface area contributed by atoms with Crippen molar-refractivity contribution in [2.45, 2.75) is 44.3 Å². The molecule has 128 valence electrons. The molecule has 3 rings (SSSR count). The van der Waals surface area contributed by atoms with E-state index >= 15 is 0 Å². The van der Waals surface area contributed by atoms with Gasteiger partial charge >= 0.3 is 0 Å². The highest BCUT2D eigenvalue weighted by Gasteiger charge is 2.47. The summed E-state index contributed by atoms with van der Waals surface area (Å²) in [6.45, 7) is 6.56. The van der Waals surface area contributed by atoms with Crippen LogP contribution in [0.3, 0.4) is 0 Å². The minimum Gasteiger partial charge on any atom is -0.378 e. The van der Waals surface area contributed by atoms with Crippen molar-refractivity contribution >= 4 is 5.91 Å². The van der Waals surface area contributed by atoms with E-state index in [4.69, 9.17) is 14.7 Å². The van der Waals surface area contributed by atoms with Gasteiger partial charge in [0.15, 0.2) is 0 Å². The van der Waals surface area contributed by atoms with Gasteiger partial charge in [0, 0.05) is 26.0 Å². The number of nitrogens with zero attached hydrogens (tertiary/aromatic N) is 2. The molecule has 1 atom stereocenters. The van der Waals surface area contributed by atoms with Gasteiger partial charge in [-0.15, -0.1) is 0 Å². The highest BCUT2D eigenvalue weighted by atomic mass is 16.6. The Morgan fingerprint density at radius 1 is 1.29 bits per heavy atom. The van der Waals surface area contributed by atoms with E-state index < -0.39 is 0 Å². The second-order valence-corrected chi connectivity index (χ2v) is 7.41. The minimum atomic E-state index is -0.351. The van der Waals surface area contributed by atoms with Gasteiger partial charge in [-0.05, 0) is 38.0 Å². The Labute approximate surface area is 143 Å². The maximum absolute atomic E-state index is 12.7. The van der Waals surface area contributed by atoms with Crippen molar-refractivity contribution < 1.29 is 14.3 Å². The second-order valence-electron chi connectivity index (χ2n) is 7.41. The van der Waals surface area contributed by atoms with Crippen LogP contribution in [-0.4, -0.2) is 48.3 Å². The average molecular weight is 328 g/mol. The monoisotopic (exact) mass is 328 g/mol. The summed E-state index contributed by atoms with van der Waals surface area (Å²) in [5.41, 5.74) is 1.03. The van der Waals surface area contributed by atoms with Crippen molar-refractivity contribution in [3.8, 4) is 6.07 Å². The molecular weight excluding hydrogens is 304 g/mol. The largest absolute Gasteiger partial charge is 0.378 e. The first-order valence-electron chi connectivity index (χ1n) is 8.46. The Hall–Kier alpha value is -1.90. The minimum absolute atomic E-state index is 0.155. The normalized spacial score (nSPS) is 25.6. The maximum atomic E-state index is 12.7. The topological polar surface area (TPSA) is 62.6 Å². The highest BCUT2D eigenvalue weighted by molar-refractivity contribution is 5.76. The predicted octanol–water partition coefficient (Wildman–Crippen LogP) is 2.29. The summed E-state index contributed by atoms with van der Waals surface area (Å²) in [6.07, 6.45) is 2.00. The maximum Gasteiger partial charge on any atom is 0.223 e. The molecule has 2 saturated heterocycles. The standard InChI is InChI=1S/C19H24N2O3/c1-18(2)12-21(13-19(24-18)9-10-23-14-19)17(22)8-7-15-3-5-16(11-20)6-4-15/h3-6H,7-10,12-14H2,1-2H3. The molecule has 0 radical (unpaired) electrons. The Balaban J connectivity index is 1.62. The first-order chi connectivity index (χ1) is 11.4. The molecule has 0 aliphatic carbocycles. The van der Waals surface area contributed by atoms with Crippen molar-refractivity contribution in [1.29, 1.82) is 5.26 Å².